The van der Waals surface area contributed by atoms with E-state index in [1.54, 1.807) is 4.90 Å². The summed E-state index contributed by atoms with van der Waals surface area (Å²) in [7, 11) is 0. The van der Waals surface area contributed by atoms with Crippen LogP contribution in [0.25, 0.3) is 0 Å². The summed E-state index contributed by atoms with van der Waals surface area (Å²) < 4.78 is 1.08. The average molecular weight is 409 g/mol. The van der Waals surface area contributed by atoms with Crippen LogP contribution in [0.1, 0.15) is 21.5 Å². The first kappa shape index (κ1) is 17.0. The molecule has 0 aliphatic rings. The van der Waals surface area contributed by atoms with E-state index in [1.165, 1.54) is 5.56 Å². The van der Waals surface area contributed by atoms with Crippen molar-refractivity contribution in [1.82, 2.24) is 4.90 Å². The lowest BCUT2D eigenvalue weighted by molar-refractivity contribution is 0.0724. The van der Waals surface area contributed by atoms with Gasteiger partial charge in [-0.1, -0.05) is 36.4 Å². The minimum Gasteiger partial charge on any atom is -0.395 e. The highest BCUT2D eigenvalue weighted by molar-refractivity contribution is 14.1. The summed E-state index contributed by atoms with van der Waals surface area (Å²) in [5, 5.41) is 9.23. The summed E-state index contributed by atoms with van der Waals surface area (Å²) in [6.07, 6.45) is 0.787. The fourth-order valence-electron chi connectivity index (χ4n) is 2.25. The van der Waals surface area contributed by atoms with Crippen LogP contribution >= 0.6 is 22.6 Å². The molecule has 0 aromatic heterocycles. The summed E-state index contributed by atoms with van der Waals surface area (Å²) >= 11 is 2.24. The van der Waals surface area contributed by atoms with Crippen molar-refractivity contribution in [2.24, 2.45) is 0 Å². The zero-order valence-corrected chi connectivity index (χ0v) is 14.8. The maximum absolute atomic E-state index is 12.6. The molecule has 0 atom stereocenters. The van der Waals surface area contributed by atoms with Gasteiger partial charge in [-0.05, 0) is 59.2 Å². The first-order chi connectivity index (χ1) is 10.6. The van der Waals surface area contributed by atoms with E-state index in [1.807, 2.05) is 43.3 Å². The molecule has 0 saturated carbocycles. The predicted molar refractivity (Wildman–Crippen MR) is 97.0 cm³/mol. The average Bonchev–Trinajstić information content (AvgIpc) is 2.54. The number of carbonyl (C=O) groups is 1. The Labute approximate surface area is 145 Å². The molecule has 0 radical (unpaired) electrons. The second kappa shape index (κ2) is 8.29. The lowest BCUT2D eigenvalue weighted by atomic mass is 10.1. The second-order valence-electron chi connectivity index (χ2n) is 5.22. The lowest BCUT2D eigenvalue weighted by Crippen LogP contribution is -2.35. The first-order valence-electron chi connectivity index (χ1n) is 7.32. The molecule has 0 aliphatic heterocycles. The topological polar surface area (TPSA) is 40.5 Å². The van der Waals surface area contributed by atoms with E-state index in [9.17, 15) is 9.90 Å². The van der Waals surface area contributed by atoms with Crippen molar-refractivity contribution in [3.63, 3.8) is 0 Å². The van der Waals surface area contributed by atoms with Crippen molar-refractivity contribution < 1.29 is 9.90 Å². The van der Waals surface area contributed by atoms with Crippen molar-refractivity contribution in [3.05, 3.63) is 68.8 Å². The van der Waals surface area contributed by atoms with Crippen LogP contribution in [0.4, 0.5) is 0 Å². The Hall–Kier alpha value is -1.40. The number of aliphatic hydroxyl groups is 1. The van der Waals surface area contributed by atoms with Gasteiger partial charge in [0.2, 0.25) is 0 Å². The summed E-state index contributed by atoms with van der Waals surface area (Å²) in [5.74, 6) is -0.0251. The quantitative estimate of drug-likeness (QED) is 0.745. The molecule has 0 saturated heterocycles. The number of aryl methyl sites for hydroxylation is 1. The fourth-order valence-corrected chi connectivity index (χ4v) is 2.77. The molecule has 0 unspecified atom stereocenters. The molecule has 2 rings (SSSR count). The molecule has 1 amide bonds. The van der Waals surface area contributed by atoms with Gasteiger partial charge in [-0.25, -0.2) is 0 Å². The number of amides is 1. The van der Waals surface area contributed by atoms with Gasteiger partial charge >= 0.3 is 0 Å². The van der Waals surface area contributed by atoms with E-state index < -0.39 is 0 Å². The van der Waals surface area contributed by atoms with Gasteiger partial charge in [0.25, 0.3) is 5.91 Å². The van der Waals surface area contributed by atoms with E-state index in [4.69, 9.17) is 0 Å². The third-order valence-corrected chi connectivity index (χ3v) is 4.75. The third kappa shape index (κ3) is 4.55. The molecule has 0 heterocycles. The van der Waals surface area contributed by atoms with Gasteiger partial charge in [0.05, 0.1) is 6.61 Å². The lowest BCUT2D eigenvalue weighted by Gasteiger charge is -2.22. The molecule has 2 aromatic rings. The van der Waals surface area contributed by atoms with Crippen LogP contribution in [0.3, 0.4) is 0 Å². The Balaban J connectivity index is 2.09. The normalized spacial score (nSPS) is 10.5. The van der Waals surface area contributed by atoms with Crippen LogP contribution < -0.4 is 0 Å². The molecule has 0 fully saturated rings. The van der Waals surface area contributed by atoms with Crippen molar-refractivity contribution in [2.45, 2.75) is 13.3 Å². The number of halogens is 1. The summed E-state index contributed by atoms with van der Waals surface area (Å²) in [5.41, 5.74) is 3.03. The zero-order chi connectivity index (χ0) is 15.9. The minimum absolute atomic E-state index is 0.0243. The van der Waals surface area contributed by atoms with E-state index in [0.717, 1.165) is 15.6 Å². The van der Waals surface area contributed by atoms with E-state index in [2.05, 4.69) is 34.7 Å². The Morgan fingerprint density at radius 1 is 1.14 bits per heavy atom. The molecule has 2 aromatic carbocycles. The Bertz CT molecular complexity index is 628. The van der Waals surface area contributed by atoms with Crippen LogP contribution in [0.5, 0.6) is 0 Å². The van der Waals surface area contributed by atoms with Crippen molar-refractivity contribution in [3.8, 4) is 0 Å². The molecule has 22 heavy (non-hydrogen) atoms. The van der Waals surface area contributed by atoms with E-state index in [0.29, 0.717) is 18.7 Å². The standard InChI is InChI=1S/C18H20INO2/c1-14-7-8-16(13-17(14)19)18(22)20(11-12-21)10-9-15-5-3-2-4-6-15/h2-8,13,21H,9-12H2,1H3. The number of nitrogens with zero attached hydrogens (tertiary/aromatic N) is 1. The monoisotopic (exact) mass is 409 g/mol. The molecule has 3 nitrogen and oxygen atoms in total. The molecular weight excluding hydrogens is 389 g/mol. The predicted octanol–water partition coefficient (Wildman–Crippen LogP) is 3.28. The second-order valence-corrected chi connectivity index (χ2v) is 6.38. The molecule has 0 bridgehead atoms. The summed E-state index contributed by atoms with van der Waals surface area (Å²) in [6, 6.07) is 15.8. The molecular formula is C18H20INO2. The molecule has 1 N–H and O–H groups in total. The number of rotatable bonds is 6. The van der Waals surface area contributed by atoms with Crippen LogP contribution in [0.2, 0.25) is 0 Å². The van der Waals surface area contributed by atoms with E-state index in [-0.39, 0.29) is 12.5 Å². The maximum atomic E-state index is 12.6. The number of hydrogen-bond acceptors (Lipinski definition) is 2. The van der Waals surface area contributed by atoms with Gasteiger partial charge in [-0.15, -0.1) is 0 Å². The van der Waals surface area contributed by atoms with Crippen molar-refractivity contribution in [1.29, 1.82) is 0 Å². The number of aliphatic hydroxyl groups excluding tert-OH is 1. The van der Waals surface area contributed by atoms with Gasteiger partial charge in [0.15, 0.2) is 0 Å². The highest BCUT2D eigenvalue weighted by Crippen LogP contribution is 2.15. The van der Waals surface area contributed by atoms with Gasteiger partial charge in [0.1, 0.15) is 0 Å². The molecule has 4 heteroatoms. The van der Waals surface area contributed by atoms with Crippen molar-refractivity contribution in [2.75, 3.05) is 19.7 Å². The van der Waals surface area contributed by atoms with Gasteiger partial charge in [0, 0.05) is 22.2 Å². The fraction of sp³-hybridized carbons (Fsp3) is 0.278. The molecule has 0 spiro atoms. The largest absolute Gasteiger partial charge is 0.395 e. The maximum Gasteiger partial charge on any atom is 0.253 e. The molecule has 0 aliphatic carbocycles. The van der Waals surface area contributed by atoms with Gasteiger partial charge in [-0.3, -0.25) is 4.79 Å². The van der Waals surface area contributed by atoms with Gasteiger partial charge in [-0.2, -0.15) is 0 Å². The Kier molecular flexibility index (Phi) is 6.39. The Morgan fingerprint density at radius 3 is 2.50 bits per heavy atom. The van der Waals surface area contributed by atoms with Crippen LogP contribution in [-0.2, 0) is 6.42 Å². The van der Waals surface area contributed by atoms with Crippen LogP contribution in [-0.4, -0.2) is 35.6 Å². The Morgan fingerprint density at radius 2 is 1.86 bits per heavy atom. The number of benzene rings is 2. The first-order valence-corrected chi connectivity index (χ1v) is 8.40. The molecule has 116 valence electrons. The highest BCUT2D eigenvalue weighted by Gasteiger charge is 2.16. The van der Waals surface area contributed by atoms with Gasteiger partial charge < -0.3 is 10.0 Å². The van der Waals surface area contributed by atoms with Crippen molar-refractivity contribution >= 4 is 28.5 Å². The number of carbonyl (C=O) groups excluding carboxylic acids is 1. The van der Waals surface area contributed by atoms with Crippen LogP contribution in [0, 0.1) is 10.5 Å². The smallest absolute Gasteiger partial charge is 0.253 e. The third-order valence-electron chi connectivity index (χ3n) is 3.59. The summed E-state index contributed by atoms with van der Waals surface area (Å²) in [6.45, 7) is 2.96. The number of hydrogen-bond donors (Lipinski definition) is 1. The van der Waals surface area contributed by atoms with Crippen LogP contribution in [0.15, 0.2) is 48.5 Å². The minimum atomic E-state index is -0.0251. The zero-order valence-electron chi connectivity index (χ0n) is 12.6. The highest BCUT2D eigenvalue weighted by atomic mass is 127. The summed E-state index contributed by atoms with van der Waals surface area (Å²) in [4.78, 5) is 14.3. The van der Waals surface area contributed by atoms with E-state index >= 15 is 0 Å². The SMILES string of the molecule is Cc1ccc(C(=O)N(CCO)CCc2ccccc2)cc1I.